The molecule has 1 heterocycles. The maximum atomic E-state index is 11.4. The highest BCUT2D eigenvalue weighted by Crippen LogP contribution is 2.28. The smallest absolute Gasteiger partial charge is 0.336 e. The second-order valence-electron chi connectivity index (χ2n) is 6.14. The highest BCUT2D eigenvalue weighted by molar-refractivity contribution is 5.66. The molecule has 0 aliphatic heterocycles. The predicted molar refractivity (Wildman–Crippen MR) is 99.6 cm³/mol. The van der Waals surface area contributed by atoms with Gasteiger partial charge in [-0.2, -0.15) is 0 Å². The first kappa shape index (κ1) is 17.8. The van der Waals surface area contributed by atoms with E-state index < -0.39 is 0 Å². The molecule has 0 atom stereocenters. The Hall–Kier alpha value is -2.55. The van der Waals surface area contributed by atoms with Crippen LogP contribution in [0.5, 0.6) is 5.75 Å². The van der Waals surface area contributed by atoms with Crippen LogP contribution in [0.4, 0.5) is 0 Å². The molecular weight excluding hydrogens is 300 g/mol. The van der Waals surface area contributed by atoms with E-state index in [0.717, 1.165) is 22.4 Å². The van der Waals surface area contributed by atoms with Crippen LogP contribution in [-0.2, 0) is 0 Å². The normalized spacial score (nSPS) is 12.0. The van der Waals surface area contributed by atoms with Crippen molar-refractivity contribution in [3.63, 3.8) is 0 Å². The zero-order valence-corrected chi connectivity index (χ0v) is 15.2. The molecule has 0 fully saturated rings. The number of aryl methyl sites for hydroxylation is 2. The lowest BCUT2D eigenvalue weighted by Crippen LogP contribution is -1.98. The third kappa shape index (κ3) is 4.05. The molecule has 1 aromatic heterocycles. The number of hydrogen-bond acceptors (Lipinski definition) is 3. The van der Waals surface area contributed by atoms with Crippen LogP contribution in [0.25, 0.3) is 12.2 Å². The maximum Gasteiger partial charge on any atom is 0.336 e. The number of allylic oxidation sites excluding steroid dienone is 2. The second-order valence-corrected chi connectivity index (χ2v) is 6.14. The highest BCUT2D eigenvalue weighted by atomic mass is 16.5. The van der Waals surface area contributed by atoms with Crippen LogP contribution < -0.4 is 10.4 Å². The molecule has 0 aliphatic carbocycles. The Labute approximate surface area is 143 Å². The van der Waals surface area contributed by atoms with Gasteiger partial charge in [0.25, 0.3) is 0 Å². The molecule has 3 heteroatoms. The van der Waals surface area contributed by atoms with Crippen molar-refractivity contribution in [2.24, 2.45) is 0 Å². The van der Waals surface area contributed by atoms with Crippen molar-refractivity contribution in [1.29, 1.82) is 0 Å². The first-order valence-electron chi connectivity index (χ1n) is 7.94. The zero-order chi connectivity index (χ0) is 17.9. The lowest BCUT2D eigenvalue weighted by molar-refractivity contribution is 0.411. The molecule has 0 aliphatic rings. The monoisotopic (exact) mass is 324 g/mol. The minimum atomic E-state index is -0.324. The van der Waals surface area contributed by atoms with Crippen LogP contribution in [-0.4, -0.2) is 7.11 Å². The van der Waals surface area contributed by atoms with Gasteiger partial charge in [-0.25, -0.2) is 4.79 Å². The molecule has 24 heavy (non-hydrogen) atoms. The van der Waals surface area contributed by atoms with E-state index in [-0.39, 0.29) is 5.63 Å². The van der Waals surface area contributed by atoms with Crippen molar-refractivity contribution in [3.05, 3.63) is 73.8 Å². The first-order chi connectivity index (χ1) is 11.3. The van der Waals surface area contributed by atoms with Gasteiger partial charge in [0, 0.05) is 6.07 Å². The predicted octanol–water partition coefficient (Wildman–Crippen LogP) is 5.00. The molecule has 3 nitrogen and oxygen atoms in total. The topological polar surface area (TPSA) is 39.4 Å². The van der Waals surface area contributed by atoms with Crippen molar-refractivity contribution >= 4 is 12.2 Å². The van der Waals surface area contributed by atoms with E-state index in [0.29, 0.717) is 5.76 Å². The van der Waals surface area contributed by atoms with Gasteiger partial charge in [0.2, 0.25) is 0 Å². The SMILES string of the molecule is COc1cc(C)c(/C=C/C(C)=C/c2cc(C)cc(=O)o2)c(C)c1C. The van der Waals surface area contributed by atoms with Crippen molar-refractivity contribution in [2.75, 3.05) is 7.11 Å². The largest absolute Gasteiger partial charge is 0.496 e. The third-order valence-corrected chi connectivity index (χ3v) is 4.15. The van der Waals surface area contributed by atoms with Crippen molar-refractivity contribution in [3.8, 4) is 5.75 Å². The van der Waals surface area contributed by atoms with Crippen LogP contribution >= 0.6 is 0 Å². The van der Waals surface area contributed by atoms with E-state index in [1.165, 1.54) is 22.8 Å². The molecule has 0 N–H and O–H groups in total. The van der Waals surface area contributed by atoms with Crippen LogP contribution in [0, 0.1) is 27.7 Å². The average molecular weight is 324 g/mol. The van der Waals surface area contributed by atoms with Crippen LogP contribution in [0.1, 0.15) is 40.5 Å². The summed E-state index contributed by atoms with van der Waals surface area (Å²) in [6.45, 7) is 10.1. The summed E-state index contributed by atoms with van der Waals surface area (Å²) < 4.78 is 10.6. The van der Waals surface area contributed by atoms with Gasteiger partial charge in [0.1, 0.15) is 11.5 Å². The summed E-state index contributed by atoms with van der Waals surface area (Å²) in [6.07, 6.45) is 5.99. The van der Waals surface area contributed by atoms with Gasteiger partial charge in [0.05, 0.1) is 7.11 Å². The molecule has 0 unspecified atom stereocenters. The fraction of sp³-hybridized carbons (Fsp3) is 0.286. The van der Waals surface area contributed by atoms with E-state index >= 15 is 0 Å². The molecule has 0 radical (unpaired) electrons. The lowest BCUT2D eigenvalue weighted by atomic mass is 9.96. The number of benzene rings is 1. The van der Waals surface area contributed by atoms with Gasteiger partial charge < -0.3 is 9.15 Å². The average Bonchev–Trinajstić information content (AvgIpc) is 2.49. The highest BCUT2D eigenvalue weighted by Gasteiger charge is 2.08. The van der Waals surface area contributed by atoms with E-state index in [4.69, 9.17) is 9.15 Å². The Morgan fingerprint density at radius 3 is 2.42 bits per heavy atom. The molecular formula is C21H24O3. The van der Waals surface area contributed by atoms with E-state index in [1.54, 1.807) is 7.11 Å². The van der Waals surface area contributed by atoms with Gasteiger partial charge in [-0.15, -0.1) is 0 Å². The third-order valence-electron chi connectivity index (χ3n) is 4.15. The van der Waals surface area contributed by atoms with E-state index in [2.05, 4.69) is 32.9 Å². The van der Waals surface area contributed by atoms with Gasteiger partial charge in [-0.05, 0) is 86.2 Å². The molecule has 0 saturated carbocycles. The first-order valence-corrected chi connectivity index (χ1v) is 7.94. The Balaban J connectivity index is 2.35. The van der Waals surface area contributed by atoms with Gasteiger partial charge in [-0.1, -0.05) is 12.2 Å². The Bertz CT molecular complexity index is 867. The summed E-state index contributed by atoms with van der Waals surface area (Å²) in [5, 5.41) is 0. The number of methoxy groups -OCH3 is 1. The molecule has 0 spiro atoms. The Morgan fingerprint density at radius 2 is 1.79 bits per heavy atom. The molecule has 2 rings (SSSR count). The lowest BCUT2D eigenvalue weighted by Gasteiger charge is -2.13. The number of rotatable bonds is 4. The summed E-state index contributed by atoms with van der Waals surface area (Å²) in [4.78, 5) is 11.4. The molecule has 0 amide bonds. The van der Waals surface area contributed by atoms with E-state index in [9.17, 15) is 4.79 Å². The van der Waals surface area contributed by atoms with Crippen molar-refractivity contribution in [1.82, 2.24) is 0 Å². The van der Waals surface area contributed by atoms with Crippen LogP contribution in [0.3, 0.4) is 0 Å². The van der Waals surface area contributed by atoms with Gasteiger partial charge in [-0.3, -0.25) is 0 Å². The zero-order valence-electron chi connectivity index (χ0n) is 15.2. The molecule has 0 saturated heterocycles. The summed E-state index contributed by atoms with van der Waals surface area (Å²) in [5.74, 6) is 1.48. The Kier molecular flexibility index (Phi) is 5.45. The molecule has 126 valence electrons. The van der Waals surface area contributed by atoms with Gasteiger partial charge in [0.15, 0.2) is 0 Å². The standard InChI is InChI=1S/C21H24O3/c1-13(9-18-10-14(2)11-21(22)24-18)7-8-19-15(3)12-20(23-6)17(5)16(19)4/h7-12H,1-6H3/b8-7+,13-9+. The summed E-state index contributed by atoms with van der Waals surface area (Å²) in [7, 11) is 1.69. The molecule has 1 aromatic carbocycles. The van der Waals surface area contributed by atoms with Crippen molar-refractivity contribution in [2.45, 2.75) is 34.6 Å². The maximum absolute atomic E-state index is 11.4. The summed E-state index contributed by atoms with van der Waals surface area (Å²) in [6, 6.07) is 5.39. The van der Waals surface area contributed by atoms with E-state index in [1.807, 2.05) is 32.1 Å². The van der Waals surface area contributed by atoms with Gasteiger partial charge >= 0.3 is 5.63 Å². The quantitative estimate of drug-likeness (QED) is 0.743. The van der Waals surface area contributed by atoms with Crippen LogP contribution in [0.15, 0.2) is 39.1 Å². The molecule has 2 aromatic rings. The molecule has 0 bridgehead atoms. The van der Waals surface area contributed by atoms with Crippen LogP contribution in [0.2, 0.25) is 0 Å². The number of hydrogen-bond donors (Lipinski definition) is 0. The minimum Gasteiger partial charge on any atom is -0.496 e. The summed E-state index contributed by atoms with van der Waals surface area (Å²) >= 11 is 0. The minimum absolute atomic E-state index is 0.324. The number of ether oxygens (including phenoxy) is 1. The second kappa shape index (κ2) is 7.35. The Morgan fingerprint density at radius 1 is 1.08 bits per heavy atom. The fourth-order valence-electron chi connectivity index (χ4n) is 2.72. The summed E-state index contributed by atoms with van der Waals surface area (Å²) in [5.41, 5.74) is 6.29. The fourth-order valence-corrected chi connectivity index (χ4v) is 2.72. The van der Waals surface area contributed by atoms with Crippen molar-refractivity contribution < 1.29 is 9.15 Å².